The van der Waals surface area contributed by atoms with E-state index in [2.05, 4.69) is 0 Å². The minimum Gasteiger partial charge on any atom is -0.368 e. The van der Waals surface area contributed by atoms with E-state index in [0.717, 1.165) is 45.2 Å². The van der Waals surface area contributed by atoms with Crippen molar-refractivity contribution in [3.63, 3.8) is 0 Å². The van der Waals surface area contributed by atoms with E-state index in [1.54, 1.807) is 0 Å². The van der Waals surface area contributed by atoms with E-state index in [-0.39, 0.29) is 33.0 Å². The molecule has 7 rings (SSSR count). The van der Waals surface area contributed by atoms with Crippen molar-refractivity contribution in [2.45, 2.75) is 56.4 Å². The van der Waals surface area contributed by atoms with Crippen molar-refractivity contribution in [2.24, 2.45) is 0 Å². The van der Waals surface area contributed by atoms with E-state index in [0.29, 0.717) is 6.41 Å². The molecule has 7 aromatic carbocycles. The number of hydrogen-bond donors (Lipinski definition) is 0. The zero-order valence-electron chi connectivity index (χ0n) is 34.5. The molecule has 7 aromatic rings. The number of benzene rings is 7. The van der Waals surface area contributed by atoms with Crippen molar-refractivity contribution in [3.05, 3.63) is 251 Å². The maximum absolute atomic E-state index is 13.6. The zero-order valence-corrected chi connectivity index (χ0v) is 34.5. The van der Waals surface area contributed by atoms with Crippen LogP contribution in [0.5, 0.6) is 0 Å². The monoisotopic (exact) mass is 825 g/mol. The normalized spacial score (nSPS) is 13.4. The summed E-state index contributed by atoms with van der Waals surface area (Å²) in [5, 5.41) is 1.24. The van der Waals surface area contributed by atoms with E-state index in [4.69, 9.17) is 23.8 Å². The number of hydroxylamine groups is 2. The predicted molar refractivity (Wildman–Crippen MR) is 239 cm³/mol. The second kappa shape index (κ2) is 22.9. The lowest BCUT2D eigenvalue weighted by Gasteiger charge is -2.42. The molecule has 0 bridgehead atoms. The SMILES string of the molecule is O=C[C@@H](OCc1ccccc1)[C@@H](OCc1ccccc1)[C@@H](OCc1ccccc1)C(COC(c1ccccc1)(c1ccccc1)c1ccccc1)N(C=O)OCc1ccccc1. The molecular formula is C54H51NO7. The van der Waals surface area contributed by atoms with Gasteiger partial charge in [-0.25, -0.2) is 5.06 Å². The molecule has 0 aromatic heterocycles. The maximum atomic E-state index is 13.6. The van der Waals surface area contributed by atoms with Crippen LogP contribution in [0.25, 0.3) is 0 Å². The number of amides is 1. The topological polar surface area (TPSA) is 83.5 Å². The smallest absolute Gasteiger partial charge is 0.233 e. The Bertz CT molecular complexity index is 2220. The van der Waals surface area contributed by atoms with Gasteiger partial charge in [0.1, 0.15) is 36.6 Å². The molecule has 4 atom stereocenters. The summed E-state index contributed by atoms with van der Waals surface area (Å²) in [5.74, 6) is 0. The number of nitrogens with zero attached hydrogens (tertiary/aromatic N) is 1. The highest BCUT2D eigenvalue weighted by atomic mass is 16.7. The van der Waals surface area contributed by atoms with Crippen LogP contribution in [-0.2, 0) is 65.4 Å². The van der Waals surface area contributed by atoms with Gasteiger partial charge in [0.15, 0.2) is 6.29 Å². The summed E-state index contributed by atoms with van der Waals surface area (Å²) < 4.78 is 27.7. The number of rotatable bonds is 24. The molecule has 0 radical (unpaired) electrons. The molecule has 314 valence electrons. The Balaban J connectivity index is 1.36. The van der Waals surface area contributed by atoms with Gasteiger partial charge in [-0.05, 0) is 38.9 Å². The standard InChI is InChI=1S/C54H51NO7/c56-36-51(58-37-43-22-8-1-9-23-43)53(60-39-45-26-12-3-13-27-45)52(59-38-44-24-10-2-11-25-44)50(55(42-57)62-40-46-28-14-4-15-29-46)41-61-54(47-30-16-5-17-31-47,48-32-18-6-19-33-48)49-34-20-7-21-35-49/h1-36,42,50-53H,37-41H2/t50?,51-,52+,53-/m1/s1. The molecule has 0 heterocycles. The van der Waals surface area contributed by atoms with E-state index < -0.39 is 30.0 Å². The lowest BCUT2D eigenvalue weighted by atomic mass is 9.80. The van der Waals surface area contributed by atoms with Crippen LogP contribution in [0, 0.1) is 0 Å². The molecule has 0 spiro atoms. The van der Waals surface area contributed by atoms with E-state index in [9.17, 15) is 9.59 Å². The van der Waals surface area contributed by atoms with Crippen LogP contribution in [0.1, 0.15) is 38.9 Å². The van der Waals surface area contributed by atoms with Gasteiger partial charge in [0, 0.05) is 0 Å². The molecule has 0 fully saturated rings. The number of hydrogen-bond acceptors (Lipinski definition) is 7. The molecule has 8 heteroatoms. The molecule has 0 aliphatic rings. The largest absolute Gasteiger partial charge is 0.368 e. The fourth-order valence-corrected chi connectivity index (χ4v) is 7.53. The predicted octanol–water partition coefficient (Wildman–Crippen LogP) is 9.91. The minimum atomic E-state index is -1.17. The van der Waals surface area contributed by atoms with Gasteiger partial charge in [-0.2, -0.15) is 0 Å². The summed E-state index contributed by atoms with van der Waals surface area (Å²) in [7, 11) is 0. The second-order valence-electron chi connectivity index (χ2n) is 14.8. The Kier molecular flexibility index (Phi) is 16.1. The van der Waals surface area contributed by atoms with Crippen LogP contribution in [-0.4, -0.2) is 48.7 Å². The Hall–Kier alpha value is -6.52. The number of carbonyl (C=O) groups excluding carboxylic acids is 2. The summed E-state index contributed by atoms with van der Waals surface area (Å²) in [6.45, 7) is 0.297. The van der Waals surface area contributed by atoms with Crippen molar-refractivity contribution < 1.29 is 33.4 Å². The minimum absolute atomic E-state index is 0.0693. The summed E-state index contributed by atoms with van der Waals surface area (Å²) >= 11 is 0. The lowest BCUT2D eigenvalue weighted by molar-refractivity contribution is -0.242. The van der Waals surface area contributed by atoms with Crippen molar-refractivity contribution in [1.29, 1.82) is 0 Å². The molecule has 0 saturated heterocycles. The van der Waals surface area contributed by atoms with Gasteiger partial charge in [0.2, 0.25) is 6.41 Å². The first kappa shape index (κ1) is 43.6. The second-order valence-corrected chi connectivity index (χ2v) is 14.8. The highest BCUT2D eigenvalue weighted by Crippen LogP contribution is 2.41. The summed E-state index contributed by atoms with van der Waals surface area (Å²) in [4.78, 5) is 33.4. The lowest BCUT2D eigenvalue weighted by Crippen LogP contribution is -2.57. The van der Waals surface area contributed by atoms with Gasteiger partial charge < -0.3 is 23.7 Å². The average Bonchev–Trinajstić information content (AvgIpc) is 3.35. The first-order valence-corrected chi connectivity index (χ1v) is 20.8. The van der Waals surface area contributed by atoms with Crippen molar-refractivity contribution >= 4 is 12.7 Å². The summed E-state index contributed by atoms with van der Waals surface area (Å²) in [6.07, 6.45) is -1.90. The molecule has 0 saturated carbocycles. The molecule has 0 aliphatic heterocycles. The van der Waals surface area contributed by atoms with Crippen LogP contribution >= 0.6 is 0 Å². The van der Waals surface area contributed by atoms with E-state index in [1.165, 1.54) is 5.06 Å². The highest BCUT2D eigenvalue weighted by Gasteiger charge is 2.45. The summed E-state index contributed by atoms with van der Waals surface area (Å²) in [6, 6.07) is 67.6. The Morgan fingerprint density at radius 3 is 1.13 bits per heavy atom. The van der Waals surface area contributed by atoms with Crippen LogP contribution < -0.4 is 0 Å². The van der Waals surface area contributed by atoms with Crippen LogP contribution in [0.4, 0.5) is 0 Å². The molecular weight excluding hydrogens is 775 g/mol. The molecule has 62 heavy (non-hydrogen) atoms. The van der Waals surface area contributed by atoms with Crippen molar-refractivity contribution in [2.75, 3.05) is 6.61 Å². The number of carbonyl (C=O) groups is 2. The maximum Gasteiger partial charge on any atom is 0.233 e. The molecule has 0 N–H and O–H groups in total. The fourth-order valence-electron chi connectivity index (χ4n) is 7.53. The summed E-state index contributed by atoms with van der Waals surface area (Å²) in [5.41, 5.74) is 4.92. The third-order valence-electron chi connectivity index (χ3n) is 10.7. The van der Waals surface area contributed by atoms with E-state index in [1.807, 2.05) is 212 Å². The van der Waals surface area contributed by atoms with Gasteiger partial charge in [0.25, 0.3) is 0 Å². The molecule has 1 unspecified atom stereocenters. The van der Waals surface area contributed by atoms with Crippen LogP contribution in [0.3, 0.4) is 0 Å². The molecule has 8 nitrogen and oxygen atoms in total. The van der Waals surface area contributed by atoms with Crippen molar-refractivity contribution in [3.8, 4) is 0 Å². The number of ether oxygens (including phenoxy) is 4. The Labute approximate surface area is 364 Å². The van der Waals surface area contributed by atoms with Gasteiger partial charge >= 0.3 is 0 Å². The third-order valence-corrected chi connectivity index (χ3v) is 10.7. The zero-order chi connectivity index (χ0) is 42.7. The van der Waals surface area contributed by atoms with Gasteiger partial charge in [0.05, 0.1) is 26.4 Å². The molecule has 1 amide bonds. The van der Waals surface area contributed by atoms with Gasteiger partial charge in [-0.15, -0.1) is 0 Å². The fraction of sp³-hybridized carbons (Fsp3) is 0.185. The number of aldehydes is 1. The Morgan fingerprint density at radius 1 is 0.419 bits per heavy atom. The molecule has 0 aliphatic carbocycles. The van der Waals surface area contributed by atoms with E-state index >= 15 is 0 Å². The Morgan fingerprint density at radius 2 is 0.758 bits per heavy atom. The van der Waals surface area contributed by atoms with Crippen LogP contribution in [0.2, 0.25) is 0 Å². The first-order chi connectivity index (χ1) is 30.7. The van der Waals surface area contributed by atoms with Crippen molar-refractivity contribution in [1.82, 2.24) is 5.06 Å². The highest BCUT2D eigenvalue weighted by molar-refractivity contribution is 5.57. The van der Waals surface area contributed by atoms with Gasteiger partial charge in [-0.1, -0.05) is 212 Å². The van der Waals surface area contributed by atoms with Gasteiger partial charge in [-0.3, -0.25) is 9.63 Å². The van der Waals surface area contributed by atoms with Crippen LogP contribution in [0.15, 0.2) is 212 Å². The quantitative estimate of drug-likeness (QED) is 0.0341. The average molecular weight is 826 g/mol. The third kappa shape index (κ3) is 11.4. The first-order valence-electron chi connectivity index (χ1n) is 20.8.